The number of hydrogen-bond donors (Lipinski definition) is 1. The number of rotatable bonds is 6. The van der Waals surface area contributed by atoms with E-state index in [0.717, 1.165) is 12.0 Å². The van der Waals surface area contributed by atoms with Crippen LogP contribution < -0.4 is 16.6 Å². The number of amides is 1. The summed E-state index contributed by atoms with van der Waals surface area (Å²) in [5, 5.41) is 3.24. The molecule has 1 atom stereocenters. The Kier molecular flexibility index (Phi) is 5.54. The fourth-order valence-corrected chi connectivity index (χ4v) is 3.12. The lowest BCUT2D eigenvalue weighted by Crippen LogP contribution is -2.44. The van der Waals surface area contributed by atoms with Gasteiger partial charge >= 0.3 is 5.69 Å². The van der Waals surface area contributed by atoms with Crippen molar-refractivity contribution in [3.05, 3.63) is 81.0 Å². The molecule has 0 aliphatic carbocycles. The Bertz CT molecular complexity index is 1070. The molecule has 0 aliphatic rings. The summed E-state index contributed by atoms with van der Waals surface area (Å²) in [6.07, 6.45) is 0.807. The van der Waals surface area contributed by atoms with Gasteiger partial charge in [-0.05, 0) is 31.0 Å². The first-order valence-corrected chi connectivity index (χ1v) is 9.10. The van der Waals surface area contributed by atoms with Gasteiger partial charge in [0, 0.05) is 6.54 Å². The summed E-state index contributed by atoms with van der Waals surface area (Å²) in [4.78, 5) is 38.6. The lowest BCUT2D eigenvalue weighted by Gasteiger charge is -2.19. The van der Waals surface area contributed by atoms with Gasteiger partial charge in [-0.3, -0.25) is 18.7 Å². The van der Waals surface area contributed by atoms with E-state index in [9.17, 15) is 14.4 Å². The van der Waals surface area contributed by atoms with E-state index in [0.29, 0.717) is 17.4 Å². The third kappa shape index (κ3) is 3.69. The van der Waals surface area contributed by atoms with E-state index in [2.05, 4.69) is 5.32 Å². The molecular weight excluding hydrogens is 342 g/mol. The van der Waals surface area contributed by atoms with E-state index in [4.69, 9.17) is 0 Å². The van der Waals surface area contributed by atoms with E-state index >= 15 is 0 Å². The highest BCUT2D eigenvalue weighted by Crippen LogP contribution is 2.14. The number of carbonyl (C=O) groups is 1. The molecule has 1 N–H and O–H groups in total. The van der Waals surface area contributed by atoms with Crippen LogP contribution in [0.1, 0.15) is 31.9 Å². The quantitative estimate of drug-likeness (QED) is 0.728. The Labute approximate surface area is 157 Å². The first kappa shape index (κ1) is 18.6. The molecule has 140 valence electrons. The predicted octanol–water partition coefficient (Wildman–Crippen LogP) is 2.30. The minimum absolute atomic E-state index is 0.159. The van der Waals surface area contributed by atoms with Crippen molar-refractivity contribution in [2.75, 3.05) is 6.54 Å². The minimum Gasteiger partial charge on any atom is -0.354 e. The third-order valence-electron chi connectivity index (χ3n) is 4.58. The molecule has 27 heavy (non-hydrogen) atoms. The number of nitrogens with one attached hydrogen (secondary N) is 1. The number of benzene rings is 2. The smallest absolute Gasteiger partial charge is 0.332 e. The first-order valence-electron chi connectivity index (χ1n) is 9.10. The Balaban J connectivity index is 2.19. The maximum absolute atomic E-state index is 13.2. The van der Waals surface area contributed by atoms with Crippen molar-refractivity contribution < 1.29 is 4.79 Å². The molecule has 1 heterocycles. The van der Waals surface area contributed by atoms with Gasteiger partial charge in [-0.15, -0.1) is 0 Å². The third-order valence-corrected chi connectivity index (χ3v) is 4.58. The van der Waals surface area contributed by atoms with Gasteiger partial charge in [-0.25, -0.2) is 4.79 Å². The molecule has 0 saturated heterocycles. The highest BCUT2D eigenvalue weighted by Gasteiger charge is 2.21. The molecule has 2 aromatic carbocycles. The van der Waals surface area contributed by atoms with Crippen LogP contribution in [-0.4, -0.2) is 21.6 Å². The van der Waals surface area contributed by atoms with Crippen LogP contribution in [0, 0.1) is 0 Å². The van der Waals surface area contributed by atoms with Crippen LogP contribution in [0.2, 0.25) is 0 Å². The second kappa shape index (κ2) is 8.03. The molecule has 6 heteroatoms. The molecule has 0 spiro atoms. The van der Waals surface area contributed by atoms with Crippen molar-refractivity contribution in [2.24, 2.45) is 0 Å². The van der Waals surface area contributed by atoms with Crippen LogP contribution in [0.15, 0.2) is 64.2 Å². The van der Waals surface area contributed by atoms with E-state index in [1.54, 1.807) is 31.2 Å². The molecule has 0 radical (unpaired) electrons. The van der Waals surface area contributed by atoms with Crippen molar-refractivity contribution >= 4 is 16.8 Å². The summed E-state index contributed by atoms with van der Waals surface area (Å²) in [6.45, 7) is 4.34. The Morgan fingerprint density at radius 1 is 1.04 bits per heavy atom. The van der Waals surface area contributed by atoms with Gasteiger partial charge in [0.1, 0.15) is 6.04 Å². The summed E-state index contributed by atoms with van der Waals surface area (Å²) >= 11 is 0. The fraction of sp³-hybridized carbons (Fsp3) is 0.286. The molecule has 1 aromatic heterocycles. The maximum atomic E-state index is 13.2. The van der Waals surface area contributed by atoms with Crippen molar-refractivity contribution in [3.8, 4) is 0 Å². The second-order valence-corrected chi connectivity index (χ2v) is 6.51. The minimum atomic E-state index is -0.725. The van der Waals surface area contributed by atoms with Crippen LogP contribution in [0.4, 0.5) is 0 Å². The molecule has 6 nitrogen and oxygen atoms in total. The Morgan fingerprint density at radius 2 is 1.70 bits per heavy atom. The zero-order chi connectivity index (χ0) is 19.4. The zero-order valence-corrected chi connectivity index (χ0v) is 15.5. The molecule has 0 aliphatic heterocycles. The van der Waals surface area contributed by atoms with Crippen LogP contribution in [0.25, 0.3) is 10.9 Å². The number of hydrogen-bond acceptors (Lipinski definition) is 3. The largest absolute Gasteiger partial charge is 0.354 e. The molecule has 0 fully saturated rings. The molecule has 1 amide bonds. The van der Waals surface area contributed by atoms with Crippen molar-refractivity contribution in [1.82, 2.24) is 14.5 Å². The summed E-state index contributed by atoms with van der Waals surface area (Å²) in [6, 6.07) is 15.5. The van der Waals surface area contributed by atoms with Crippen LogP contribution in [0.5, 0.6) is 0 Å². The second-order valence-electron chi connectivity index (χ2n) is 6.51. The molecule has 0 saturated carbocycles. The standard InChI is InChI=1S/C21H23N3O3/c1-3-13-22-19(25)15(2)24-18-12-8-7-11-17(18)20(26)23(21(24)27)14-16-9-5-4-6-10-16/h4-12,15H,3,13-14H2,1-2H3,(H,22,25)/t15-/m1/s1. The monoisotopic (exact) mass is 365 g/mol. The first-order chi connectivity index (χ1) is 13.0. The lowest BCUT2D eigenvalue weighted by molar-refractivity contribution is -0.123. The summed E-state index contributed by atoms with van der Waals surface area (Å²) in [5.74, 6) is -0.242. The van der Waals surface area contributed by atoms with Gasteiger partial charge in [0.15, 0.2) is 0 Å². The van der Waals surface area contributed by atoms with Gasteiger partial charge in [0.25, 0.3) is 5.56 Å². The number of fused-ring (bicyclic) bond motifs is 1. The van der Waals surface area contributed by atoms with Crippen molar-refractivity contribution in [3.63, 3.8) is 0 Å². The SMILES string of the molecule is CCCNC(=O)[C@@H](C)n1c(=O)n(Cc2ccccc2)c(=O)c2ccccc21. The van der Waals surface area contributed by atoms with E-state index in [-0.39, 0.29) is 18.0 Å². The average Bonchev–Trinajstić information content (AvgIpc) is 2.70. The maximum Gasteiger partial charge on any atom is 0.332 e. The Hall–Kier alpha value is -3.15. The van der Waals surface area contributed by atoms with E-state index in [1.165, 1.54) is 9.13 Å². The summed E-state index contributed by atoms with van der Waals surface area (Å²) in [5.41, 5.74) is 0.483. The van der Waals surface area contributed by atoms with Gasteiger partial charge in [-0.1, -0.05) is 49.4 Å². The normalized spacial score (nSPS) is 12.1. The van der Waals surface area contributed by atoms with Crippen LogP contribution >= 0.6 is 0 Å². The molecule has 0 unspecified atom stereocenters. The van der Waals surface area contributed by atoms with E-state index in [1.807, 2.05) is 37.3 Å². The number of carbonyl (C=O) groups excluding carboxylic acids is 1. The number of nitrogens with zero attached hydrogens (tertiary/aromatic N) is 2. The fourth-order valence-electron chi connectivity index (χ4n) is 3.12. The predicted molar refractivity (Wildman–Crippen MR) is 106 cm³/mol. The molecule has 0 bridgehead atoms. The van der Waals surface area contributed by atoms with Crippen molar-refractivity contribution in [1.29, 1.82) is 0 Å². The van der Waals surface area contributed by atoms with Crippen LogP contribution in [-0.2, 0) is 11.3 Å². The molecule has 3 aromatic rings. The topological polar surface area (TPSA) is 73.1 Å². The van der Waals surface area contributed by atoms with Gasteiger partial charge in [0.2, 0.25) is 5.91 Å². The van der Waals surface area contributed by atoms with E-state index < -0.39 is 11.7 Å². The highest BCUT2D eigenvalue weighted by atomic mass is 16.2. The lowest BCUT2D eigenvalue weighted by atomic mass is 10.2. The van der Waals surface area contributed by atoms with Crippen molar-refractivity contribution in [2.45, 2.75) is 32.9 Å². The van der Waals surface area contributed by atoms with Gasteiger partial charge < -0.3 is 5.32 Å². The highest BCUT2D eigenvalue weighted by molar-refractivity contribution is 5.84. The van der Waals surface area contributed by atoms with Gasteiger partial charge in [0.05, 0.1) is 17.4 Å². The van der Waals surface area contributed by atoms with Gasteiger partial charge in [-0.2, -0.15) is 0 Å². The number of para-hydroxylation sites is 1. The molecular formula is C21H23N3O3. The zero-order valence-electron chi connectivity index (χ0n) is 15.5. The number of aromatic nitrogens is 2. The summed E-state index contributed by atoms with van der Waals surface area (Å²) in [7, 11) is 0. The summed E-state index contributed by atoms with van der Waals surface area (Å²) < 4.78 is 2.60. The Morgan fingerprint density at radius 3 is 2.41 bits per heavy atom. The molecule has 3 rings (SSSR count). The average molecular weight is 365 g/mol. The van der Waals surface area contributed by atoms with Crippen LogP contribution in [0.3, 0.4) is 0 Å².